The van der Waals surface area contributed by atoms with Gasteiger partial charge in [0.25, 0.3) is 17.4 Å². The second kappa shape index (κ2) is 9.78. The zero-order valence-corrected chi connectivity index (χ0v) is 18.1. The molecule has 1 aliphatic rings. The number of halogens is 1. The van der Waals surface area contributed by atoms with Gasteiger partial charge in [0.05, 0.1) is 16.3 Å². The second-order valence-electron chi connectivity index (χ2n) is 7.76. The number of carbonyl (C=O) groups is 2. The summed E-state index contributed by atoms with van der Waals surface area (Å²) >= 11 is 6.24. The van der Waals surface area contributed by atoms with Crippen LogP contribution < -0.4 is 16.2 Å². The number of anilines is 1. The molecule has 2 aromatic carbocycles. The minimum atomic E-state index is -0.504. The van der Waals surface area contributed by atoms with Crippen molar-refractivity contribution >= 4 is 29.1 Å². The molecule has 0 spiro atoms. The molecule has 2 N–H and O–H groups in total. The Balaban J connectivity index is 1.52. The number of hydrogen-bond acceptors (Lipinski definition) is 4. The summed E-state index contributed by atoms with van der Waals surface area (Å²) in [5.41, 5.74) is 0.988. The van der Waals surface area contributed by atoms with Crippen molar-refractivity contribution in [1.82, 2.24) is 15.1 Å². The molecule has 1 heterocycles. The summed E-state index contributed by atoms with van der Waals surface area (Å²) in [4.78, 5) is 37.7. The minimum Gasteiger partial charge on any atom is -0.349 e. The van der Waals surface area contributed by atoms with Crippen LogP contribution in [0.25, 0.3) is 5.69 Å². The molecule has 0 unspecified atom stereocenters. The van der Waals surface area contributed by atoms with Crippen molar-refractivity contribution < 1.29 is 9.59 Å². The van der Waals surface area contributed by atoms with Gasteiger partial charge < -0.3 is 10.6 Å². The van der Waals surface area contributed by atoms with E-state index in [0.717, 1.165) is 25.7 Å². The molecule has 1 aliphatic carbocycles. The first-order chi connectivity index (χ1) is 15.5. The molecule has 2 amide bonds. The molecule has 7 nitrogen and oxygen atoms in total. The van der Waals surface area contributed by atoms with Gasteiger partial charge in [-0.3, -0.25) is 14.4 Å². The molecule has 1 saturated carbocycles. The third-order valence-corrected chi connectivity index (χ3v) is 5.77. The van der Waals surface area contributed by atoms with Crippen LogP contribution in [0, 0.1) is 0 Å². The third kappa shape index (κ3) is 5.06. The van der Waals surface area contributed by atoms with Crippen LogP contribution in [0.1, 0.15) is 53.0 Å². The van der Waals surface area contributed by atoms with Crippen LogP contribution in [0.3, 0.4) is 0 Å². The first-order valence-electron chi connectivity index (χ1n) is 10.6. The summed E-state index contributed by atoms with van der Waals surface area (Å²) in [7, 11) is 0. The van der Waals surface area contributed by atoms with Crippen LogP contribution in [0.4, 0.5) is 5.69 Å². The molecule has 4 rings (SSSR count). The van der Waals surface area contributed by atoms with Crippen LogP contribution >= 0.6 is 11.6 Å². The van der Waals surface area contributed by atoms with Gasteiger partial charge in [-0.25, -0.2) is 0 Å². The molecule has 32 heavy (non-hydrogen) atoms. The maximum absolute atomic E-state index is 12.8. The fraction of sp³-hybridized carbons (Fsp3) is 0.250. The van der Waals surface area contributed by atoms with E-state index in [1.54, 1.807) is 42.5 Å². The third-order valence-electron chi connectivity index (χ3n) is 5.44. The van der Waals surface area contributed by atoms with Crippen LogP contribution in [-0.2, 0) is 0 Å². The smallest absolute Gasteiger partial charge is 0.276 e. The average molecular weight is 451 g/mol. The van der Waals surface area contributed by atoms with E-state index in [1.165, 1.54) is 23.2 Å². The Morgan fingerprint density at radius 2 is 1.69 bits per heavy atom. The molecule has 0 radical (unpaired) electrons. The Morgan fingerprint density at radius 1 is 0.938 bits per heavy atom. The molecule has 1 aromatic heterocycles. The fourth-order valence-electron chi connectivity index (χ4n) is 3.77. The molecule has 0 atom stereocenters. The van der Waals surface area contributed by atoms with E-state index < -0.39 is 5.91 Å². The molecule has 3 aromatic rings. The largest absolute Gasteiger partial charge is 0.349 e. The zero-order valence-electron chi connectivity index (χ0n) is 17.4. The summed E-state index contributed by atoms with van der Waals surface area (Å²) in [6.45, 7) is 0. The monoisotopic (exact) mass is 450 g/mol. The van der Waals surface area contributed by atoms with Gasteiger partial charge in [0.2, 0.25) is 0 Å². The highest BCUT2D eigenvalue weighted by atomic mass is 35.5. The van der Waals surface area contributed by atoms with Crippen molar-refractivity contribution in [3.8, 4) is 5.69 Å². The van der Waals surface area contributed by atoms with Gasteiger partial charge in [0.1, 0.15) is 5.69 Å². The van der Waals surface area contributed by atoms with E-state index in [0.29, 0.717) is 22.0 Å². The Bertz CT molecular complexity index is 1190. The second-order valence-corrected chi connectivity index (χ2v) is 8.17. The zero-order chi connectivity index (χ0) is 22.5. The maximum Gasteiger partial charge on any atom is 0.276 e. The Morgan fingerprint density at radius 3 is 2.44 bits per heavy atom. The van der Waals surface area contributed by atoms with Gasteiger partial charge >= 0.3 is 0 Å². The number of para-hydroxylation sites is 1. The highest BCUT2D eigenvalue weighted by Crippen LogP contribution is 2.23. The SMILES string of the molecule is O=C(Nc1ccc(Cl)c(C(=O)NC2CCCCC2)c1)c1ccc(=O)n(-c2ccccc2)n1. The van der Waals surface area contributed by atoms with Crippen molar-refractivity contribution in [2.45, 2.75) is 38.1 Å². The Hall–Kier alpha value is -3.45. The van der Waals surface area contributed by atoms with E-state index in [2.05, 4.69) is 15.7 Å². The topological polar surface area (TPSA) is 93.1 Å². The van der Waals surface area contributed by atoms with Gasteiger partial charge in [-0.15, -0.1) is 0 Å². The minimum absolute atomic E-state index is 0.0663. The van der Waals surface area contributed by atoms with Gasteiger partial charge in [0, 0.05) is 17.8 Å². The maximum atomic E-state index is 12.8. The Labute approximate surface area is 190 Å². The highest BCUT2D eigenvalue weighted by molar-refractivity contribution is 6.34. The lowest BCUT2D eigenvalue weighted by Gasteiger charge is -2.23. The number of nitrogens with zero attached hydrogens (tertiary/aromatic N) is 2. The number of aromatic nitrogens is 2. The molecule has 164 valence electrons. The normalized spacial score (nSPS) is 14.0. The predicted octanol–water partition coefficient (Wildman–Crippen LogP) is 4.20. The molecule has 0 bridgehead atoms. The fourth-order valence-corrected chi connectivity index (χ4v) is 3.97. The van der Waals surface area contributed by atoms with Crippen molar-refractivity contribution in [2.75, 3.05) is 5.32 Å². The molecular weight excluding hydrogens is 428 g/mol. The van der Waals surface area contributed by atoms with Gasteiger partial charge in [-0.05, 0) is 49.2 Å². The number of nitrogens with one attached hydrogen (secondary N) is 2. The van der Waals surface area contributed by atoms with Gasteiger partial charge in [-0.1, -0.05) is 49.1 Å². The molecule has 0 saturated heterocycles. The van der Waals surface area contributed by atoms with E-state index in [1.807, 2.05) is 6.07 Å². The van der Waals surface area contributed by atoms with Crippen molar-refractivity contribution in [3.63, 3.8) is 0 Å². The number of hydrogen-bond donors (Lipinski definition) is 2. The lowest BCUT2D eigenvalue weighted by molar-refractivity contribution is 0.0926. The van der Waals surface area contributed by atoms with Crippen LogP contribution in [0.2, 0.25) is 5.02 Å². The highest BCUT2D eigenvalue weighted by Gasteiger charge is 2.19. The molecule has 0 aliphatic heterocycles. The number of benzene rings is 2. The first-order valence-corrected chi connectivity index (χ1v) is 11.0. The standard InChI is InChI=1S/C24H23ClN4O3/c25-20-12-11-17(15-19(20)23(31)26-16-7-3-1-4-8-16)27-24(32)21-13-14-22(30)29(28-21)18-9-5-2-6-10-18/h2,5-6,9-16H,1,3-4,7-8H2,(H,26,31)(H,27,32). The van der Waals surface area contributed by atoms with Gasteiger partial charge in [0.15, 0.2) is 0 Å². The van der Waals surface area contributed by atoms with Crippen molar-refractivity contribution in [3.05, 3.63) is 87.3 Å². The number of carbonyl (C=O) groups excluding carboxylic acids is 2. The number of rotatable bonds is 5. The van der Waals surface area contributed by atoms with E-state index in [4.69, 9.17) is 11.6 Å². The summed E-state index contributed by atoms with van der Waals surface area (Å²) in [5.74, 6) is -0.760. The number of amides is 2. The summed E-state index contributed by atoms with van der Waals surface area (Å²) in [6.07, 6.45) is 5.32. The quantitative estimate of drug-likeness (QED) is 0.609. The lowest BCUT2D eigenvalue weighted by atomic mass is 9.95. The van der Waals surface area contributed by atoms with Gasteiger partial charge in [-0.2, -0.15) is 9.78 Å². The van der Waals surface area contributed by atoms with Crippen LogP contribution in [0.15, 0.2) is 65.5 Å². The lowest BCUT2D eigenvalue weighted by Crippen LogP contribution is -2.36. The van der Waals surface area contributed by atoms with E-state index in [-0.39, 0.29) is 23.2 Å². The van der Waals surface area contributed by atoms with E-state index >= 15 is 0 Å². The van der Waals surface area contributed by atoms with Crippen molar-refractivity contribution in [2.24, 2.45) is 0 Å². The first kappa shape index (κ1) is 21.8. The van der Waals surface area contributed by atoms with Crippen molar-refractivity contribution in [1.29, 1.82) is 0 Å². The summed E-state index contributed by atoms with van der Waals surface area (Å²) in [6, 6.07) is 16.4. The molecule has 1 fully saturated rings. The Kier molecular flexibility index (Phi) is 6.66. The average Bonchev–Trinajstić information content (AvgIpc) is 2.81. The van der Waals surface area contributed by atoms with Crippen LogP contribution in [-0.4, -0.2) is 27.6 Å². The summed E-state index contributed by atoms with van der Waals surface area (Å²) < 4.78 is 1.17. The predicted molar refractivity (Wildman–Crippen MR) is 124 cm³/mol. The molecular formula is C24H23ClN4O3. The van der Waals surface area contributed by atoms with E-state index in [9.17, 15) is 14.4 Å². The van der Waals surface area contributed by atoms with Crippen LogP contribution in [0.5, 0.6) is 0 Å². The molecule has 8 heteroatoms. The summed E-state index contributed by atoms with van der Waals surface area (Å²) in [5, 5.41) is 10.3.